The van der Waals surface area contributed by atoms with Crippen molar-refractivity contribution in [1.82, 2.24) is 15.2 Å². The topological polar surface area (TPSA) is 58.4 Å². The Morgan fingerprint density at radius 2 is 2.37 bits per heavy atom. The van der Waals surface area contributed by atoms with E-state index >= 15 is 0 Å². The van der Waals surface area contributed by atoms with Crippen LogP contribution < -0.4 is 5.32 Å². The van der Waals surface area contributed by atoms with Crippen LogP contribution in [-0.4, -0.2) is 48.4 Å². The first-order chi connectivity index (χ1) is 9.15. The third-order valence-corrected chi connectivity index (χ3v) is 3.59. The zero-order valence-electron chi connectivity index (χ0n) is 11.1. The molecule has 2 heterocycles. The van der Waals surface area contributed by atoms with Gasteiger partial charge >= 0.3 is 0 Å². The molecule has 1 aromatic carbocycles. The van der Waals surface area contributed by atoms with Gasteiger partial charge in [-0.05, 0) is 25.2 Å². The van der Waals surface area contributed by atoms with Gasteiger partial charge in [-0.2, -0.15) is 0 Å². The highest BCUT2D eigenvalue weighted by Crippen LogP contribution is 2.19. The van der Waals surface area contributed by atoms with Crippen LogP contribution in [0.25, 0.3) is 11.1 Å². The van der Waals surface area contributed by atoms with Crippen LogP contribution in [0.3, 0.4) is 0 Å². The summed E-state index contributed by atoms with van der Waals surface area (Å²) in [6, 6.07) is 5.36. The van der Waals surface area contributed by atoms with E-state index in [-0.39, 0.29) is 11.8 Å². The van der Waals surface area contributed by atoms with Gasteiger partial charge in [0.15, 0.2) is 17.3 Å². The first-order valence-corrected chi connectivity index (χ1v) is 6.47. The van der Waals surface area contributed by atoms with Crippen LogP contribution in [0.4, 0.5) is 0 Å². The van der Waals surface area contributed by atoms with Gasteiger partial charge in [-0.3, -0.25) is 9.69 Å². The zero-order chi connectivity index (χ0) is 13.4. The molecule has 0 bridgehead atoms. The summed E-state index contributed by atoms with van der Waals surface area (Å²) in [6.45, 7) is 4.32. The number of aryl methyl sites for hydroxylation is 1. The minimum absolute atomic E-state index is 0.102. The third kappa shape index (κ3) is 2.27. The lowest BCUT2D eigenvalue weighted by Crippen LogP contribution is -2.53. The maximum Gasteiger partial charge on any atom is 0.192 e. The number of hydrogen-bond donors (Lipinski definition) is 1. The largest absolute Gasteiger partial charge is 0.441 e. The minimum Gasteiger partial charge on any atom is -0.441 e. The van der Waals surface area contributed by atoms with E-state index in [1.54, 1.807) is 13.0 Å². The minimum atomic E-state index is -0.102. The highest BCUT2D eigenvalue weighted by molar-refractivity contribution is 6.02. The Labute approximate surface area is 111 Å². The molecule has 1 aliphatic rings. The second-order valence-corrected chi connectivity index (χ2v) is 4.98. The lowest BCUT2D eigenvalue weighted by atomic mass is 10.0. The van der Waals surface area contributed by atoms with Gasteiger partial charge in [0.2, 0.25) is 0 Å². The number of nitrogens with one attached hydrogen (secondary N) is 1. The van der Waals surface area contributed by atoms with Crippen LogP contribution in [0.2, 0.25) is 0 Å². The van der Waals surface area contributed by atoms with Gasteiger partial charge in [0.25, 0.3) is 0 Å². The molecule has 0 aliphatic carbocycles. The average molecular weight is 259 g/mol. The van der Waals surface area contributed by atoms with Crippen LogP contribution in [0, 0.1) is 6.92 Å². The molecule has 1 atom stereocenters. The molecule has 0 spiro atoms. The quantitative estimate of drug-likeness (QED) is 0.822. The van der Waals surface area contributed by atoms with Gasteiger partial charge < -0.3 is 9.73 Å². The summed E-state index contributed by atoms with van der Waals surface area (Å²) in [5.41, 5.74) is 2.16. The van der Waals surface area contributed by atoms with E-state index in [1.807, 2.05) is 19.2 Å². The first kappa shape index (κ1) is 12.3. The Balaban J connectivity index is 1.92. The summed E-state index contributed by atoms with van der Waals surface area (Å²) in [6.07, 6.45) is 0. The number of carbonyl (C=O) groups excluding carboxylic acids is 1. The van der Waals surface area contributed by atoms with Crippen molar-refractivity contribution in [3.05, 3.63) is 29.7 Å². The molecule has 19 heavy (non-hydrogen) atoms. The van der Waals surface area contributed by atoms with Crippen molar-refractivity contribution in [3.63, 3.8) is 0 Å². The Morgan fingerprint density at radius 3 is 3.16 bits per heavy atom. The Hall–Kier alpha value is -1.72. The fourth-order valence-electron chi connectivity index (χ4n) is 2.48. The molecule has 1 aliphatic heterocycles. The molecule has 5 nitrogen and oxygen atoms in total. The predicted molar refractivity (Wildman–Crippen MR) is 72.4 cm³/mol. The van der Waals surface area contributed by atoms with Gasteiger partial charge in [0.05, 0.1) is 6.04 Å². The first-order valence-electron chi connectivity index (χ1n) is 6.47. The maximum atomic E-state index is 12.5. The number of carbonyl (C=O) groups is 1. The summed E-state index contributed by atoms with van der Waals surface area (Å²) in [5.74, 6) is 0.752. The standard InChI is InChI=1S/C14H17N3O2/c1-9-16-11-4-3-10(7-13(11)19-9)14(18)12-8-15-5-6-17(12)2/h3-4,7,12,15H,5-6,8H2,1-2H3. The number of piperazine rings is 1. The maximum absolute atomic E-state index is 12.5. The number of rotatable bonds is 2. The number of nitrogens with zero attached hydrogens (tertiary/aromatic N) is 2. The predicted octanol–water partition coefficient (Wildman–Crippen LogP) is 1.22. The summed E-state index contributed by atoms with van der Waals surface area (Å²) in [5, 5.41) is 3.26. The van der Waals surface area contributed by atoms with Gasteiger partial charge in [-0.25, -0.2) is 4.98 Å². The second kappa shape index (κ2) is 4.75. The monoisotopic (exact) mass is 259 g/mol. The molecule has 3 rings (SSSR count). The van der Waals surface area contributed by atoms with Crippen molar-refractivity contribution in [2.24, 2.45) is 0 Å². The number of likely N-dealkylation sites (N-methyl/N-ethyl adjacent to an activating group) is 1. The van der Waals surface area contributed by atoms with Crippen molar-refractivity contribution in [2.75, 3.05) is 26.7 Å². The van der Waals surface area contributed by atoms with E-state index < -0.39 is 0 Å². The molecule has 0 amide bonds. The lowest BCUT2D eigenvalue weighted by molar-refractivity contribution is 0.0819. The molecule has 1 saturated heterocycles. The van der Waals surface area contributed by atoms with Gasteiger partial charge in [-0.1, -0.05) is 0 Å². The smallest absolute Gasteiger partial charge is 0.192 e. The molecule has 0 saturated carbocycles. The lowest BCUT2D eigenvalue weighted by Gasteiger charge is -2.31. The van der Waals surface area contributed by atoms with Gasteiger partial charge in [-0.15, -0.1) is 0 Å². The van der Waals surface area contributed by atoms with Crippen LogP contribution in [0.5, 0.6) is 0 Å². The number of benzene rings is 1. The van der Waals surface area contributed by atoms with Crippen molar-refractivity contribution in [3.8, 4) is 0 Å². The Bertz CT molecular complexity index is 620. The summed E-state index contributed by atoms with van der Waals surface area (Å²) in [7, 11) is 1.99. The highest BCUT2D eigenvalue weighted by atomic mass is 16.3. The van der Waals surface area contributed by atoms with E-state index in [4.69, 9.17) is 4.42 Å². The van der Waals surface area contributed by atoms with Crippen molar-refractivity contribution >= 4 is 16.9 Å². The van der Waals surface area contributed by atoms with E-state index in [9.17, 15) is 4.79 Å². The van der Waals surface area contributed by atoms with Gasteiger partial charge in [0, 0.05) is 32.1 Å². The molecule has 1 aromatic heterocycles. The molecular formula is C14H17N3O2. The molecule has 1 fully saturated rings. The molecule has 0 radical (unpaired) electrons. The fourth-order valence-corrected chi connectivity index (χ4v) is 2.48. The number of oxazole rings is 1. The third-order valence-electron chi connectivity index (χ3n) is 3.59. The molecule has 2 aromatic rings. The van der Waals surface area contributed by atoms with Crippen LogP contribution >= 0.6 is 0 Å². The van der Waals surface area contributed by atoms with Crippen LogP contribution in [-0.2, 0) is 0 Å². The number of ketones is 1. The molecule has 5 heteroatoms. The number of fused-ring (bicyclic) bond motifs is 1. The Kier molecular flexibility index (Phi) is 3.08. The number of Topliss-reactive ketones (excluding diaryl/α,β-unsaturated/α-hetero) is 1. The van der Waals surface area contributed by atoms with Crippen molar-refractivity contribution in [2.45, 2.75) is 13.0 Å². The van der Waals surface area contributed by atoms with E-state index in [2.05, 4.69) is 15.2 Å². The number of aromatic nitrogens is 1. The Morgan fingerprint density at radius 1 is 1.53 bits per heavy atom. The van der Waals surface area contributed by atoms with Gasteiger partial charge in [0.1, 0.15) is 5.52 Å². The molecular weight excluding hydrogens is 242 g/mol. The SMILES string of the molecule is Cc1nc2ccc(C(=O)C3CNCCN3C)cc2o1. The van der Waals surface area contributed by atoms with Crippen molar-refractivity contribution in [1.29, 1.82) is 0 Å². The highest BCUT2D eigenvalue weighted by Gasteiger charge is 2.26. The summed E-state index contributed by atoms with van der Waals surface area (Å²) >= 11 is 0. The zero-order valence-corrected chi connectivity index (χ0v) is 11.1. The number of hydrogen-bond acceptors (Lipinski definition) is 5. The molecule has 1 unspecified atom stereocenters. The van der Waals surface area contributed by atoms with E-state index in [1.165, 1.54) is 0 Å². The van der Waals surface area contributed by atoms with Crippen molar-refractivity contribution < 1.29 is 9.21 Å². The molecule has 100 valence electrons. The fraction of sp³-hybridized carbons (Fsp3) is 0.429. The van der Waals surface area contributed by atoms with Crippen LogP contribution in [0.15, 0.2) is 22.6 Å². The normalized spacial score (nSPS) is 20.8. The summed E-state index contributed by atoms with van der Waals surface area (Å²) < 4.78 is 5.48. The van der Waals surface area contributed by atoms with Crippen LogP contribution in [0.1, 0.15) is 16.2 Å². The van der Waals surface area contributed by atoms with E-state index in [0.29, 0.717) is 23.6 Å². The summed E-state index contributed by atoms with van der Waals surface area (Å²) in [4.78, 5) is 18.8. The molecule has 1 N–H and O–H groups in total. The van der Waals surface area contributed by atoms with E-state index in [0.717, 1.165) is 18.6 Å². The second-order valence-electron chi connectivity index (χ2n) is 4.98. The average Bonchev–Trinajstić information content (AvgIpc) is 2.77.